The summed E-state index contributed by atoms with van der Waals surface area (Å²) in [5.74, 6) is 0.570. The van der Waals surface area contributed by atoms with Crippen molar-refractivity contribution in [3.63, 3.8) is 0 Å². The number of nitrogens with one attached hydrogen (secondary N) is 2. The number of carbonyl (C=O) groups excluding carboxylic acids is 1. The first-order valence-corrected chi connectivity index (χ1v) is 12.1. The van der Waals surface area contributed by atoms with Crippen molar-refractivity contribution in [3.05, 3.63) is 62.9 Å². The number of halogens is 2. The summed E-state index contributed by atoms with van der Waals surface area (Å²) in [4.78, 5) is 18.2. The van der Waals surface area contributed by atoms with Crippen LogP contribution in [0.4, 0.5) is 5.82 Å². The second kappa shape index (κ2) is 8.65. The maximum Gasteiger partial charge on any atom is 0.228 e. The van der Waals surface area contributed by atoms with Crippen LogP contribution in [-0.2, 0) is 4.79 Å². The molecular formula is C23H15ClIN5OS. The van der Waals surface area contributed by atoms with Crippen molar-refractivity contribution >= 4 is 57.3 Å². The van der Waals surface area contributed by atoms with E-state index in [0.717, 1.165) is 48.6 Å². The van der Waals surface area contributed by atoms with E-state index in [0.29, 0.717) is 16.4 Å². The standard InChI is InChI=1S/C23H15ClIN5OS/c24-14-3-4-15(17(25)10-14)20-16(11-26)21(32-22(20)18-6-8-28-30-18)13-5-7-27-19(9-13)29-23(31)12-1-2-12/h3-10,12H,1-2H2,(H,28,30)(H,27,29,31). The molecule has 1 fully saturated rings. The molecule has 1 aromatic carbocycles. The number of rotatable bonds is 5. The molecule has 3 heterocycles. The van der Waals surface area contributed by atoms with Gasteiger partial charge in [-0.25, -0.2) is 4.98 Å². The van der Waals surface area contributed by atoms with Gasteiger partial charge in [-0.1, -0.05) is 17.7 Å². The molecule has 1 amide bonds. The van der Waals surface area contributed by atoms with Crippen molar-refractivity contribution in [1.82, 2.24) is 15.2 Å². The number of anilines is 1. The molecule has 0 aliphatic heterocycles. The van der Waals surface area contributed by atoms with Gasteiger partial charge in [-0.2, -0.15) is 10.4 Å². The van der Waals surface area contributed by atoms with Crippen molar-refractivity contribution in [3.8, 4) is 38.2 Å². The number of pyridine rings is 1. The fourth-order valence-corrected chi connectivity index (χ4v) is 5.85. The fraction of sp³-hybridized carbons (Fsp3) is 0.130. The van der Waals surface area contributed by atoms with E-state index in [-0.39, 0.29) is 11.8 Å². The zero-order valence-corrected chi connectivity index (χ0v) is 20.3. The van der Waals surface area contributed by atoms with E-state index in [2.05, 4.69) is 49.2 Å². The largest absolute Gasteiger partial charge is 0.310 e. The highest BCUT2D eigenvalue weighted by molar-refractivity contribution is 14.1. The average Bonchev–Trinajstić information content (AvgIpc) is 3.36. The van der Waals surface area contributed by atoms with E-state index in [1.165, 1.54) is 11.3 Å². The maximum absolute atomic E-state index is 12.2. The van der Waals surface area contributed by atoms with Gasteiger partial charge in [0.15, 0.2) is 0 Å². The Morgan fingerprint density at radius 1 is 1.22 bits per heavy atom. The first kappa shape index (κ1) is 21.1. The summed E-state index contributed by atoms with van der Waals surface area (Å²) in [5, 5.41) is 20.8. The molecule has 6 nitrogen and oxygen atoms in total. The van der Waals surface area contributed by atoms with Crippen molar-refractivity contribution < 1.29 is 4.79 Å². The molecular weight excluding hydrogens is 557 g/mol. The van der Waals surface area contributed by atoms with Crippen molar-refractivity contribution in [2.24, 2.45) is 5.92 Å². The lowest BCUT2D eigenvalue weighted by Gasteiger charge is -2.08. The molecule has 0 radical (unpaired) electrons. The highest BCUT2D eigenvalue weighted by Crippen LogP contribution is 2.48. The number of benzene rings is 1. The van der Waals surface area contributed by atoms with Gasteiger partial charge in [-0.3, -0.25) is 9.89 Å². The number of aromatic nitrogens is 3. The lowest BCUT2D eigenvalue weighted by Crippen LogP contribution is -2.14. The molecule has 4 aromatic rings. The molecule has 1 aliphatic rings. The molecule has 0 saturated heterocycles. The van der Waals surface area contributed by atoms with Gasteiger partial charge in [0, 0.05) is 32.5 Å². The summed E-state index contributed by atoms with van der Waals surface area (Å²) in [6.07, 6.45) is 5.19. The van der Waals surface area contributed by atoms with E-state index in [9.17, 15) is 10.1 Å². The number of hydrogen-bond donors (Lipinski definition) is 2. The van der Waals surface area contributed by atoms with Gasteiger partial charge in [-0.15, -0.1) is 11.3 Å². The van der Waals surface area contributed by atoms with Crippen LogP contribution in [0.1, 0.15) is 18.4 Å². The van der Waals surface area contributed by atoms with E-state index >= 15 is 0 Å². The highest BCUT2D eigenvalue weighted by Gasteiger charge is 2.30. The predicted molar refractivity (Wildman–Crippen MR) is 134 cm³/mol. The topological polar surface area (TPSA) is 94.5 Å². The van der Waals surface area contributed by atoms with Crippen LogP contribution in [0.25, 0.3) is 32.1 Å². The SMILES string of the molecule is N#Cc1c(-c2ccnc(NC(=O)C3CC3)c2)sc(-c2ccn[nH]2)c1-c1ccc(Cl)cc1I. The van der Waals surface area contributed by atoms with Gasteiger partial charge in [0.25, 0.3) is 0 Å². The number of H-pyrrole nitrogens is 1. The van der Waals surface area contributed by atoms with Crippen LogP contribution in [0.2, 0.25) is 5.02 Å². The Labute approximate surface area is 206 Å². The number of nitriles is 1. The molecule has 3 aromatic heterocycles. The van der Waals surface area contributed by atoms with Crippen molar-refractivity contribution in [2.75, 3.05) is 5.32 Å². The Kier molecular flexibility index (Phi) is 5.71. The van der Waals surface area contributed by atoms with Crippen LogP contribution < -0.4 is 5.32 Å². The van der Waals surface area contributed by atoms with Gasteiger partial charge in [0.2, 0.25) is 5.91 Å². The Balaban J connectivity index is 1.67. The number of amides is 1. The van der Waals surface area contributed by atoms with E-state index in [1.807, 2.05) is 36.4 Å². The van der Waals surface area contributed by atoms with Crippen molar-refractivity contribution in [1.29, 1.82) is 5.26 Å². The summed E-state index contributed by atoms with van der Waals surface area (Å²) in [7, 11) is 0. The number of thiophene rings is 1. The minimum atomic E-state index is -0.00380. The molecule has 32 heavy (non-hydrogen) atoms. The van der Waals surface area contributed by atoms with Crippen molar-refractivity contribution in [2.45, 2.75) is 12.8 Å². The summed E-state index contributed by atoms with van der Waals surface area (Å²) >= 11 is 9.92. The quantitative estimate of drug-likeness (QED) is 0.273. The summed E-state index contributed by atoms with van der Waals surface area (Å²) < 4.78 is 0.948. The third-order valence-electron chi connectivity index (χ3n) is 5.19. The summed E-state index contributed by atoms with van der Waals surface area (Å²) in [5.41, 5.74) is 3.97. The zero-order chi connectivity index (χ0) is 22.2. The van der Waals surface area contributed by atoms with E-state index in [1.54, 1.807) is 12.4 Å². The second-order valence-electron chi connectivity index (χ2n) is 7.41. The first-order valence-electron chi connectivity index (χ1n) is 9.84. The molecule has 2 N–H and O–H groups in total. The number of hydrogen-bond acceptors (Lipinski definition) is 5. The maximum atomic E-state index is 12.2. The lowest BCUT2D eigenvalue weighted by atomic mass is 9.98. The molecule has 0 bridgehead atoms. The van der Waals surface area contributed by atoms with Gasteiger partial charge in [0.05, 0.1) is 21.0 Å². The predicted octanol–water partition coefficient (Wildman–Crippen LogP) is 6.35. The fourth-order valence-electron chi connectivity index (χ4n) is 3.48. The Morgan fingerprint density at radius 2 is 2.06 bits per heavy atom. The number of nitrogens with zero attached hydrogens (tertiary/aromatic N) is 3. The molecule has 0 spiro atoms. The van der Waals surface area contributed by atoms with Crippen LogP contribution in [0.5, 0.6) is 0 Å². The van der Waals surface area contributed by atoms with Gasteiger partial charge in [0.1, 0.15) is 11.9 Å². The summed E-state index contributed by atoms with van der Waals surface area (Å²) in [6.45, 7) is 0. The molecule has 9 heteroatoms. The van der Waals surface area contributed by atoms with Gasteiger partial charge >= 0.3 is 0 Å². The third kappa shape index (κ3) is 4.03. The van der Waals surface area contributed by atoms with E-state index < -0.39 is 0 Å². The molecule has 0 unspecified atom stereocenters. The Hall–Kier alpha value is -2.74. The Bertz CT molecular complexity index is 1370. The Morgan fingerprint density at radius 3 is 2.75 bits per heavy atom. The number of aromatic amines is 1. The monoisotopic (exact) mass is 571 g/mol. The second-order valence-corrected chi connectivity index (χ2v) is 10.0. The van der Waals surface area contributed by atoms with Gasteiger partial charge in [-0.05, 0) is 76.9 Å². The van der Waals surface area contributed by atoms with Crippen LogP contribution >= 0.6 is 45.5 Å². The molecule has 1 aliphatic carbocycles. The van der Waals surface area contributed by atoms with E-state index in [4.69, 9.17) is 11.6 Å². The normalized spacial score (nSPS) is 13.0. The summed E-state index contributed by atoms with van der Waals surface area (Å²) in [6, 6.07) is 13.6. The van der Waals surface area contributed by atoms with Crippen LogP contribution in [0, 0.1) is 20.8 Å². The van der Waals surface area contributed by atoms with Crippen LogP contribution in [-0.4, -0.2) is 21.1 Å². The lowest BCUT2D eigenvalue weighted by molar-refractivity contribution is -0.117. The van der Waals surface area contributed by atoms with Gasteiger partial charge < -0.3 is 5.32 Å². The smallest absolute Gasteiger partial charge is 0.228 e. The minimum Gasteiger partial charge on any atom is -0.310 e. The first-order chi connectivity index (χ1) is 15.5. The minimum absolute atomic E-state index is 0.00380. The zero-order valence-electron chi connectivity index (χ0n) is 16.5. The molecule has 158 valence electrons. The third-order valence-corrected chi connectivity index (χ3v) is 7.59. The number of carbonyl (C=O) groups is 1. The molecule has 0 atom stereocenters. The van der Waals surface area contributed by atoms with Crippen LogP contribution in [0.15, 0.2) is 48.8 Å². The molecule has 5 rings (SSSR count). The van der Waals surface area contributed by atoms with Crippen LogP contribution in [0.3, 0.4) is 0 Å². The highest BCUT2D eigenvalue weighted by atomic mass is 127. The molecule has 1 saturated carbocycles. The average molecular weight is 572 g/mol.